The van der Waals surface area contributed by atoms with Crippen LogP contribution in [0.4, 0.5) is 0 Å². The van der Waals surface area contributed by atoms with Crippen molar-refractivity contribution in [1.82, 2.24) is 10.2 Å². The van der Waals surface area contributed by atoms with Gasteiger partial charge in [-0.15, -0.1) is 0 Å². The number of carbonyl (C=O) groups excluding carboxylic acids is 2. The molecule has 1 saturated heterocycles. The van der Waals surface area contributed by atoms with Gasteiger partial charge < -0.3 is 16.0 Å². The van der Waals surface area contributed by atoms with Gasteiger partial charge in [-0.25, -0.2) is 0 Å². The lowest BCUT2D eigenvalue weighted by Gasteiger charge is -2.44. The number of nitrogens with zero attached hydrogens (tertiary/aromatic N) is 1. The van der Waals surface area contributed by atoms with Gasteiger partial charge in [0.25, 0.3) is 0 Å². The van der Waals surface area contributed by atoms with E-state index >= 15 is 0 Å². The lowest BCUT2D eigenvalue weighted by atomic mass is 9.82. The van der Waals surface area contributed by atoms with Crippen LogP contribution < -0.4 is 11.1 Å². The average molecular weight is 265 g/mol. The van der Waals surface area contributed by atoms with Gasteiger partial charge in [-0.2, -0.15) is 0 Å². The molecule has 2 bridgehead atoms. The number of hydrogen-bond donors (Lipinski definition) is 2. The molecular weight excluding hydrogens is 242 g/mol. The van der Waals surface area contributed by atoms with Crippen molar-refractivity contribution in [3.8, 4) is 0 Å². The van der Waals surface area contributed by atoms with Crippen molar-refractivity contribution in [2.45, 2.75) is 44.7 Å². The molecule has 0 aromatic carbocycles. The van der Waals surface area contributed by atoms with Gasteiger partial charge in [0.15, 0.2) is 0 Å². The van der Waals surface area contributed by atoms with Crippen LogP contribution >= 0.6 is 0 Å². The molecule has 1 heterocycles. The van der Waals surface area contributed by atoms with Gasteiger partial charge in [0.1, 0.15) is 5.54 Å². The van der Waals surface area contributed by atoms with E-state index in [0.29, 0.717) is 24.9 Å². The van der Waals surface area contributed by atoms with Crippen LogP contribution in [-0.4, -0.2) is 41.4 Å². The van der Waals surface area contributed by atoms with Gasteiger partial charge in [-0.1, -0.05) is 0 Å². The molecule has 0 radical (unpaired) electrons. The zero-order valence-corrected chi connectivity index (χ0v) is 11.7. The third-order valence-corrected chi connectivity index (χ3v) is 5.38. The topological polar surface area (TPSA) is 75.4 Å². The summed E-state index contributed by atoms with van der Waals surface area (Å²) >= 11 is 0. The molecule has 2 amide bonds. The maximum atomic E-state index is 12.8. The number of amides is 2. The Hall–Kier alpha value is -1.10. The molecule has 4 unspecified atom stereocenters. The number of fused-ring (bicyclic) bond motifs is 2. The summed E-state index contributed by atoms with van der Waals surface area (Å²) in [7, 11) is 0. The third-order valence-electron chi connectivity index (χ3n) is 5.38. The summed E-state index contributed by atoms with van der Waals surface area (Å²) < 4.78 is 0. The predicted molar refractivity (Wildman–Crippen MR) is 71.1 cm³/mol. The van der Waals surface area contributed by atoms with Gasteiger partial charge >= 0.3 is 0 Å². The van der Waals surface area contributed by atoms with Gasteiger partial charge in [0.05, 0.1) is 5.92 Å². The highest BCUT2D eigenvalue weighted by Crippen LogP contribution is 2.48. The molecule has 5 nitrogen and oxygen atoms in total. The number of piperazine rings is 1. The highest BCUT2D eigenvalue weighted by Gasteiger charge is 2.52. The Morgan fingerprint density at radius 2 is 2.05 bits per heavy atom. The van der Waals surface area contributed by atoms with Crippen molar-refractivity contribution in [3.63, 3.8) is 0 Å². The minimum Gasteiger partial charge on any atom is -0.352 e. The smallest absolute Gasteiger partial charge is 0.245 e. The van der Waals surface area contributed by atoms with E-state index in [2.05, 4.69) is 5.32 Å². The molecule has 106 valence electrons. The molecule has 19 heavy (non-hydrogen) atoms. The number of rotatable bonds is 1. The fourth-order valence-corrected chi connectivity index (χ4v) is 4.17. The summed E-state index contributed by atoms with van der Waals surface area (Å²) in [4.78, 5) is 26.5. The first-order valence-electron chi connectivity index (χ1n) is 7.28. The molecule has 3 rings (SSSR count). The SMILES string of the molecule is CC1(C)C(=O)NCCN1C(=O)C1C2CCC(C2)C1N. The van der Waals surface area contributed by atoms with Crippen LogP contribution in [0, 0.1) is 17.8 Å². The van der Waals surface area contributed by atoms with Crippen LogP contribution in [0.25, 0.3) is 0 Å². The van der Waals surface area contributed by atoms with Crippen molar-refractivity contribution in [1.29, 1.82) is 0 Å². The molecule has 3 N–H and O–H groups in total. The summed E-state index contributed by atoms with van der Waals surface area (Å²) in [6.45, 7) is 4.78. The highest BCUT2D eigenvalue weighted by molar-refractivity contribution is 5.93. The third kappa shape index (κ3) is 1.78. The van der Waals surface area contributed by atoms with Crippen LogP contribution in [0.3, 0.4) is 0 Å². The Labute approximate surface area is 113 Å². The highest BCUT2D eigenvalue weighted by atomic mass is 16.2. The number of nitrogens with one attached hydrogen (secondary N) is 1. The number of nitrogens with two attached hydrogens (primary N) is 1. The van der Waals surface area contributed by atoms with Crippen molar-refractivity contribution in [3.05, 3.63) is 0 Å². The van der Waals surface area contributed by atoms with Gasteiger partial charge in [-0.05, 0) is 44.9 Å². The van der Waals surface area contributed by atoms with E-state index in [1.54, 1.807) is 4.90 Å². The van der Waals surface area contributed by atoms with Gasteiger partial charge in [0, 0.05) is 19.1 Å². The van der Waals surface area contributed by atoms with Crippen LogP contribution in [0.5, 0.6) is 0 Å². The molecular formula is C14H23N3O2. The van der Waals surface area contributed by atoms with E-state index in [9.17, 15) is 9.59 Å². The van der Waals surface area contributed by atoms with Crippen LogP contribution in [-0.2, 0) is 9.59 Å². The predicted octanol–water partition coefficient (Wildman–Crippen LogP) is 0.0968. The fraction of sp³-hybridized carbons (Fsp3) is 0.857. The average Bonchev–Trinajstić information content (AvgIpc) is 2.92. The van der Waals surface area contributed by atoms with Crippen molar-refractivity contribution in [2.24, 2.45) is 23.5 Å². The Bertz CT molecular complexity index is 419. The first-order chi connectivity index (χ1) is 8.93. The number of hydrogen-bond acceptors (Lipinski definition) is 3. The number of carbonyl (C=O) groups is 2. The Morgan fingerprint density at radius 1 is 1.37 bits per heavy atom. The first-order valence-corrected chi connectivity index (χ1v) is 7.28. The minimum atomic E-state index is -0.753. The largest absolute Gasteiger partial charge is 0.352 e. The van der Waals surface area contributed by atoms with Crippen LogP contribution in [0.1, 0.15) is 33.1 Å². The summed E-state index contributed by atoms with van der Waals surface area (Å²) in [5.41, 5.74) is 5.49. The van der Waals surface area contributed by atoms with E-state index in [4.69, 9.17) is 5.73 Å². The monoisotopic (exact) mass is 265 g/mol. The first kappa shape index (κ1) is 12.9. The van der Waals surface area contributed by atoms with Crippen LogP contribution in [0.2, 0.25) is 0 Å². The summed E-state index contributed by atoms with van der Waals surface area (Å²) in [5.74, 6) is 0.918. The molecule has 3 aliphatic rings. The summed E-state index contributed by atoms with van der Waals surface area (Å²) in [6.07, 6.45) is 3.38. The zero-order valence-electron chi connectivity index (χ0n) is 11.7. The van der Waals surface area contributed by atoms with E-state index < -0.39 is 5.54 Å². The Morgan fingerprint density at radius 3 is 2.68 bits per heavy atom. The second-order valence-electron chi connectivity index (χ2n) is 6.74. The molecule has 0 aromatic heterocycles. The molecule has 0 spiro atoms. The zero-order chi connectivity index (χ0) is 13.8. The van der Waals surface area contributed by atoms with Crippen molar-refractivity contribution in [2.75, 3.05) is 13.1 Å². The van der Waals surface area contributed by atoms with Crippen LogP contribution in [0.15, 0.2) is 0 Å². The maximum absolute atomic E-state index is 12.8. The van der Waals surface area contributed by atoms with Gasteiger partial charge in [-0.3, -0.25) is 9.59 Å². The summed E-state index contributed by atoms with van der Waals surface area (Å²) in [5, 5.41) is 2.83. The molecule has 2 aliphatic carbocycles. The van der Waals surface area contributed by atoms with E-state index in [-0.39, 0.29) is 23.8 Å². The standard InChI is InChI=1S/C14H23N3O2/c1-14(2)13(19)16-5-6-17(14)12(18)10-8-3-4-9(7-8)11(10)15/h8-11H,3-7,15H2,1-2H3,(H,16,19). The van der Waals surface area contributed by atoms with Crippen molar-refractivity contribution >= 4 is 11.8 Å². The molecule has 3 fully saturated rings. The van der Waals surface area contributed by atoms with Crippen molar-refractivity contribution < 1.29 is 9.59 Å². The van der Waals surface area contributed by atoms with Gasteiger partial charge in [0.2, 0.25) is 11.8 Å². The second kappa shape index (κ2) is 4.20. The summed E-state index contributed by atoms with van der Waals surface area (Å²) in [6, 6.07) is -0.00737. The maximum Gasteiger partial charge on any atom is 0.245 e. The van der Waals surface area contributed by atoms with E-state index in [0.717, 1.165) is 12.8 Å². The molecule has 5 heteroatoms. The lowest BCUT2D eigenvalue weighted by Crippen LogP contribution is -2.65. The fourth-order valence-electron chi connectivity index (χ4n) is 4.17. The minimum absolute atomic E-state index is 0.00737. The van der Waals surface area contributed by atoms with E-state index in [1.807, 2.05) is 13.8 Å². The normalized spacial score (nSPS) is 40.4. The Kier molecular flexibility index (Phi) is 2.85. The molecule has 4 atom stereocenters. The van der Waals surface area contributed by atoms with E-state index in [1.165, 1.54) is 6.42 Å². The molecule has 1 aliphatic heterocycles. The Balaban J connectivity index is 1.82. The molecule has 2 saturated carbocycles. The second-order valence-corrected chi connectivity index (χ2v) is 6.74. The lowest BCUT2D eigenvalue weighted by molar-refractivity contribution is -0.153. The molecule has 0 aromatic rings. The quantitative estimate of drug-likeness (QED) is 0.706.